The Morgan fingerprint density at radius 3 is 3.15 bits per heavy atom. The van der Waals surface area contributed by atoms with Crippen LogP contribution in [0.1, 0.15) is 35.1 Å². The van der Waals surface area contributed by atoms with Crippen LogP contribution in [-0.2, 0) is 6.54 Å². The first kappa shape index (κ1) is 16.5. The van der Waals surface area contributed by atoms with E-state index in [1.807, 2.05) is 10.9 Å². The molecule has 0 aromatic carbocycles. The number of nitrogens with one attached hydrogen (secondary N) is 2. The van der Waals surface area contributed by atoms with Crippen molar-refractivity contribution < 1.29 is 4.79 Å². The number of fused-ring (bicyclic) bond motifs is 1. The first-order valence-corrected chi connectivity index (χ1v) is 8.70. The van der Waals surface area contributed by atoms with Gasteiger partial charge in [0.2, 0.25) is 0 Å². The second-order valence-corrected chi connectivity index (χ2v) is 6.53. The van der Waals surface area contributed by atoms with Gasteiger partial charge in [0.05, 0.1) is 11.7 Å². The molecule has 9 nitrogen and oxygen atoms in total. The number of aromatic amines is 1. The van der Waals surface area contributed by atoms with Crippen molar-refractivity contribution in [3.8, 4) is 0 Å². The summed E-state index contributed by atoms with van der Waals surface area (Å²) in [6.07, 6.45) is 5.60. The summed E-state index contributed by atoms with van der Waals surface area (Å²) >= 11 is 0. The van der Waals surface area contributed by atoms with E-state index in [-0.39, 0.29) is 17.5 Å². The van der Waals surface area contributed by atoms with Crippen LogP contribution in [0.4, 0.5) is 0 Å². The van der Waals surface area contributed by atoms with Gasteiger partial charge in [-0.3, -0.25) is 24.3 Å². The van der Waals surface area contributed by atoms with Crippen LogP contribution in [0.5, 0.6) is 0 Å². The van der Waals surface area contributed by atoms with Crippen LogP contribution >= 0.6 is 0 Å². The molecule has 4 rings (SSSR count). The molecule has 1 unspecified atom stereocenters. The van der Waals surface area contributed by atoms with Crippen LogP contribution < -0.4 is 10.9 Å². The van der Waals surface area contributed by atoms with Crippen molar-refractivity contribution >= 4 is 11.6 Å². The molecule has 1 aliphatic heterocycles. The molecule has 3 aromatic heterocycles. The fourth-order valence-electron chi connectivity index (χ4n) is 3.47. The van der Waals surface area contributed by atoms with Gasteiger partial charge in [0.1, 0.15) is 5.69 Å². The topological polar surface area (TPSA) is 100 Å². The summed E-state index contributed by atoms with van der Waals surface area (Å²) in [7, 11) is 1.60. The SMILES string of the molecule is CNC(=O)c1ccn(C2CCCN(Cc3cc(=O)n4[nH]ccc4n3)C2)n1. The number of rotatable bonds is 4. The number of carbonyl (C=O) groups excluding carboxylic acids is 1. The maximum absolute atomic E-state index is 12.1. The van der Waals surface area contributed by atoms with E-state index in [0.29, 0.717) is 17.9 Å². The number of piperidine rings is 1. The van der Waals surface area contributed by atoms with Gasteiger partial charge >= 0.3 is 0 Å². The average Bonchev–Trinajstić information content (AvgIpc) is 3.31. The highest BCUT2D eigenvalue weighted by Crippen LogP contribution is 2.22. The van der Waals surface area contributed by atoms with Crippen LogP contribution in [0.15, 0.2) is 35.4 Å². The Labute approximate surface area is 149 Å². The third-order valence-corrected chi connectivity index (χ3v) is 4.74. The molecule has 2 N–H and O–H groups in total. The van der Waals surface area contributed by atoms with Gasteiger partial charge in [-0.15, -0.1) is 0 Å². The van der Waals surface area contributed by atoms with E-state index in [0.717, 1.165) is 31.6 Å². The number of amides is 1. The minimum atomic E-state index is -0.180. The zero-order valence-corrected chi connectivity index (χ0v) is 14.6. The highest BCUT2D eigenvalue weighted by molar-refractivity contribution is 5.91. The smallest absolute Gasteiger partial charge is 0.272 e. The lowest BCUT2D eigenvalue weighted by Gasteiger charge is -2.32. The van der Waals surface area contributed by atoms with Crippen LogP contribution in [-0.4, -0.2) is 55.3 Å². The van der Waals surface area contributed by atoms with Crippen molar-refractivity contribution in [2.45, 2.75) is 25.4 Å². The Kier molecular flexibility index (Phi) is 4.29. The van der Waals surface area contributed by atoms with Gasteiger partial charge in [0, 0.05) is 44.7 Å². The van der Waals surface area contributed by atoms with Crippen LogP contribution in [0.3, 0.4) is 0 Å². The molecule has 1 amide bonds. The molecule has 1 atom stereocenters. The Hall–Kier alpha value is -2.94. The summed E-state index contributed by atoms with van der Waals surface area (Å²) in [5, 5.41) is 9.84. The minimum Gasteiger partial charge on any atom is -0.354 e. The lowest BCUT2D eigenvalue weighted by atomic mass is 10.1. The molecule has 4 heterocycles. The summed E-state index contributed by atoms with van der Waals surface area (Å²) in [6.45, 7) is 2.38. The van der Waals surface area contributed by atoms with E-state index in [4.69, 9.17) is 0 Å². The normalized spacial score (nSPS) is 18.3. The van der Waals surface area contributed by atoms with Gasteiger partial charge in [-0.05, 0) is 25.5 Å². The number of likely N-dealkylation sites (tertiary alicyclic amines) is 1. The van der Waals surface area contributed by atoms with Crippen LogP contribution in [0.25, 0.3) is 5.65 Å². The molecule has 26 heavy (non-hydrogen) atoms. The summed E-state index contributed by atoms with van der Waals surface area (Å²) in [4.78, 5) is 30.6. The second kappa shape index (κ2) is 6.75. The fourth-order valence-corrected chi connectivity index (χ4v) is 3.47. The molecular formula is C17H21N7O2. The Bertz CT molecular complexity index is 986. The largest absolute Gasteiger partial charge is 0.354 e. The van der Waals surface area contributed by atoms with Crippen molar-refractivity contribution in [3.05, 3.63) is 52.3 Å². The van der Waals surface area contributed by atoms with Gasteiger partial charge in [0.25, 0.3) is 11.5 Å². The van der Waals surface area contributed by atoms with Gasteiger partial charge < -0.3 is 5.32 Å². The van der Waals surface area contributed by atoms with Crippen LogP contribution in [0, 0.1) is 0 Å². The number of hydrogen-bond acceptors (Lipinski definition) is 5. The zero-order chi connectivity index (χ0) is 18.1. The molecule has 136 valence electrons. The number of hydrogen-bond donors (Lipinski definition) is 2. The molecule has 0 spiro atoms. The Morgan fingerprint density at radius 2 is 2.31 bits per heavy atom. The Balaban J connectivity index is 1.48. The first-order chi connectivity index (χ1) is 12.6. The van der Waals surface area contributed by atoms with Gasteiger partial charge in [-0.1, -0.05) is 0 Å². The number of carbonyl (C=O) groups is 1. The van der Waals surface area contributed by atoms with E-state index >= 15 is 0 Å². The van der Waals surface area contributed by atoms with E-state index in [2.05, 4.69) is 25.4 Å². The average molecular weight is 355 g/mol. The first-order valence-electron chi connectivity index (χ1n) is 8.70. The van der Waals surface area contributed by atoms with Gasteiger partial charge in [-0.2, -0.15) is 5.10 Å². The van der Waals surface area contributed by atoms with Crippen molar-refractivity contribution in [1.82, 2.24) is 34.6 Å². The minimum absolute atomic E-state index is 0.106. The third-order valence-electron chi connectivity index (χ3n) is 4.74. The molecule has 0 radical (unpaired) electrons. The van der Waals surface area contributed by atoms with E-state index in [1.165, 1.54) is 4.52 Å². The Morgan fingerprint density at radius 1 is 1.42 bits per heavy atom. The molecular weight excluding hydrogens is 334 g/mol. The number of nitrogens with zero attached hydrogens (tertiary/aromatic N) is 5. The summed E-state index contributed by atoms with van der Waals surface area (Å²) in [5.74, 6) is -0.180. The van der Waals surface area contributed by atoms with Gasteiger partial charge in [-0.25, -0.2) is 9.50 Å². The molecule has 1 saturated heterocycles. The van der Waals surface area contributed by atoms with Crippen molar-refractivity contribution in [1.29, 1.82) is 0 Å². The monoisotopic (exact) mass is 355 g/mol. The molecule has 1 fully saturated rings. The predicted octanol–water partition coefficient (Wildman–Crippen LogP) is 0.416. The highest BCUT2D eigenvalue weighted by atomic mass is 16.2. The standard InChI is InChI=1S/C17H21N7O2/c1-18-17(26)14-5-8-23(21-14)13-3-2-7-22(11-13)10-12-9-16(25)24-15(20-12)4-6-19-24/h4-6,8-9,13,19H,2-3,7,10-11H2,1H3,(H,18,26). The molecule has 3 aromatic rings. The molecule has 0 bridgehead atoms. The van der Waals surface area contributed by atoms with Crippen molar-refractivity contribution in [3.63, 3.8) is 0 Å². The van der Waals surface area contributed by atoms with E-state index < -0.39 is 0 Å². The van der Waals surface area contributed by atoms with Gasteiger partial charge in [0.15, 0.2) is 5.65 Å². The quantitative estimate of drug-likeness (QED) is 0.706. The van der Waals surface area contributed by atoms with E-state index in [9.17, 15) is 9.59 Å². The van der Waals surface area contributed by atoms with Crippen molar-refractivity contribution in [2.24, 2.45) is 0 Å². The molecule has 9 heteroatoms. The fraction of sp³-hybridized carbons (Fsp3) is 0.412. The molecule has 0 saturated carbocycles. The molecule has 1 aliphatic rings. The molecule has 0 aliphatic carbocycles. The third kappa shape index (κ3) is 3.13. The number of H-pyrrole nitrogens is 1. The zero-order valence-electron chi connectivity index (χ0n) is 14.6. The lowest BCUT2D eigenvalue weighted by molar-refractivity contribution is 0.0955. The number of aromatic nitrogens is 5. The lowest BCUT2D eigenvalue weighted by Crippen LogP contribution is -2.37. The predicted molar refractivity (Wildman–Crippen MR) is 95.0 cm³/mol. The summed E-state index contributed by atoms with van der Waals surface area (Å²) in [6, 6.07) is 5.30. The van der Waals surface area contributed by atoms with Crippen molar-refractivity contribution in [2.75, 3.05) is 20.1 Å². The summed E-state index contributed by atoms with van der Waals surface area (Å²) < 4.78 is 3.29. The maximum atomic E-state index is 12.1. The maximum Gasteiger partial charge on any atom is 0.272 e. The second-order valence-electron chi connectivity index (χ2n) is 6.53. The highest BCUT2D eigenvalue weighted by Gasteiger charge is 2.23. The summed E-state index contributed by atoms with van der Waals surface area (Å²) in [5.41, 5.74) is 1.72. The van der Waals surface area contributed by atoms with Crippen LogP contribution in [0.2, 0.25) is 0 Å². The van der Waals surface area contributed by atoms with E-state index in [1.54, 1.807) is 31.4 Å².